The normalized spacial score (nSPS) is 29.9. The van der Waals surface area contributed by atoms with Gasteiger partial charge in [-0.15, -0.1) is 24.2 Å². The van der Waals surface area contributed by atoms with Crippen LogP contribution in [0.3, 0.4) is 0 Å². The summed E-state index contributed by atoms with van der Waals surface area (Å²) < 4.78 is 0. The van der Waals surface area contributed by atoms with Gasteiger partial charge in [-0.05, 0) is 12.8 Å². The molecule has 5 heteroatoms. The molecule has 1 saturated heterocycles. The Morgan fingerprint density at radius 1 is 1.36 bits per heavy atom. The summed E-state index contributed by atoms with van der Waals surface area (Å²) in [6, 6.07) is -0.317. The van der Waals surface area contributed by atoms with E-state index in [9.17, 15) is 4.79 Å². The summed E-state index contributed by atoms with van der Waals surface area (Å²) in [7, 11) is 0. The Morgan fingerprint density at radius 3 is 2.50 bits per heavy atom. The molecule has 1 spiro atoms. The van der Waals surface area contributed by atoms with Crippen molar-refractivity contribution >= 4 is 30.1 Å². The largest absolute Gasteiger partial charge is 0.480 e. The molecule has 2 rings (SSSR count). The first-order chi connectivity index (χ1) is 6.22. The molecule has 0 aromatic carbocycles. The highest BCUT2D eigenvalue weighted by Gasteiger charge is 2.42. The van der Waals surface area contributed by atoms with Gasteiger partial charge in [-0.3, -0.25) is 10.1 Å². The Balaban J connectivity index is 0.000000980. The minimum Gasteiger partial charge on any atom is -0.480 e. The molecule has 82 valence electrons. The molecule has 0 aromatic heterocycles. The topological polar surface area (TPSA) is 49.3 Å². The summed E-state index contributed by atoms with van der Waals surface area (Å²) in [5, 5.41) is 12.1. The van der Waals surface area contributed by atoms with E-state index in [1.165, 1.54) is 19.3 Å². The fourth-order valence-electron chi connectivity index (χ4n) is 2.19. The average Bonchev–Trinajstić information content (AvgIpc) is 2.51. The van der Waals surface area contributed by atoms with E-state index in [-0.39, 0.29) is 23.3 Å². The molecule has 1 aliphatic heterocycles. The van der Waals surface area contributed by atoms with Gasteiger partial charge in [-0.2, -0.15) is 0 Å². The van der Waals surface area contributed by atoms with Gasteiger partial charge < -0.3 is 5.11 Å². The third-order valence-corrected chi connectivity index (χ3v) is 4.50. The molecule has 2 aliphatic rings. The van der Waals surface area contributed by atoms with E-state index in [2.05, 4.69) is 5.32 Å². The smallest absolute Gasteiger partial charge is 0.321 e. The molecule has 2 fully saturated rings. The lowest BCUT2D eigenvalue weighted by molar-refractivity contribution is -0.138. The van der Waals surface area contributed by atoms with Gasteiger partial charge in [0.05, 0.1) is 4.87 Å². The highest BCUT2D eigenvalue weighted by atomic mass is 35.5. The summed E-state index contributed by atoms with van der Waals surface area (Å²) in [5.74, 6) is 0.0324. The maximum atomic E-state index is 10.8. The minimum absolute atomic E-state index is 0. The van der Waals surface area contributed by atoms with E-state index in [1.54, 1.807) is 0 Å². The van der Waals surface area contributed by atoms with Gasteiger partial charge in [0.15, 0.2) is 0 Å². The van der Waals surface area contributed by atoms with Crippen LogP contribution in [-0.4, -0.2) is 27.7 Å². The Hall–Kier alpha value is 0.0700. The van der Waals surface area contributed by atoms with Crippen LogP contribution in [-0.2, 0) is 4.79 Å². The Bertz CT molecular complexity index is 219. The van der Waals surface area contributed by atoms with Crippen LogP contribution in [0.5, 0.6) is 0 Å². The zero-order valence-electron chi connectivity index (χ0n) is 7.99. The second kappa shape index (κ2) is 4.73. The van der Waals surface area contributed by atoms with Crippen molar-refractivity contribution in [3.63, 3.8) is 0 Å². The van der Waals surface area contributed by atoms with Crippen LogP contribution in [0, 0.1) is 0 Å². The van der Waals surface area contributed by atoms with Crippen molar-refractivity contribution in [2.24, 2.45) is 0 Å². The fourth-order valence-corrected chi connectivity index (χ4v) is 3.70. The first-order valence-corrected chi connectivity index (χ1v) is 5.85. The van der Waals surface area contributed by atoms with Crippen molar-refractivity contribution in [2.45, 2.75) is 43.0 Å². The van der Waals surface area contributed by atoms with Crippen LogP contribution in [0.1, 0.15) is 32.1 Å². The predicted octanol–water partition coefficient (Wildman–Crippen LogP) is 1.86. The summed E-state index contributed by atoms with van der Waals surface area (Å²) in [4.78, 5) is 10.9. The second-order valence-electron chi connectivity index (χ2n) is 3.90. The van der Waals surface area contributed by atoms with E-state index < -0.39 is 5.97 Å². The van der Waals surface area contributed by atoms with Crippen LogP contribution in [0.15, 0.2) is 0 Å². The first kappa shape index (κ1) is 12.1. The molecule has 1 unspecified atom stereocenters. The Kier molecular flexibility index (Phi) is 4.10. The van der Waals surface area contributed by atoms with Crippen LogP contribution < -0.4 is 5.32 Å². The molecule has 1 saturated carbocycles. The number of hydrogen-bond acceptors (Lipinski definition) is 3. The van der Waals surface area contributed by atoms with Crippen molar-refractivity contribution in [3.8, 4) is 0 Å². The molecule has 0 bridgehead atoms. The minimum atomic E-state index is -0.699. The van der Waals surface area contributed by atoms with E-state index >= 15 is 0 Å². The van der Waals surface area contributed by atoms with Crippen molar-refractivity contribution in [2.75, 3.05) is 5.75 Å². The zero-order valence-corrected chi connectivity index (χ0v) is 9.62. The third kappa shape index (κ3) is 2.35. The first-order valence-electron chi connectivity index (χ1n) is 4.86. The van der Waals surface area contributed by atoms with Crippen LogP contribution in [0.25, 0.3) is 0 Å². The summed E-state index contributed by atoms with van der Waals surface area (Å²) in [6.45, 7) is 0. The molecule has 14 heavy (non-hydrogen) atoms. The lowest BCUT2D eigenvalue weighted by Crippen LogP contribution is -2.46. The maximum absolute atomic E-state index is 10.8. The standard InChI is InChI=1S/C9H15NO2S.ClH/c11-8(12)7-6-13-9(10-7)4-2-1-3-5-9;/h7,10H,1-6H2,(H,11,12);1H. The zero-order chi connectivity index (χ0) is 9.31. The van der Waals surface area contributed by atoms with Gasteiger partial charge in [0.25, 0.3) is 0 Å². The molecule has 1 aliphatic carbocycles. The van der Waals surface area contributed by atoms with E-state index in [0.717, 1.165) is 18.6 Å². The number of thioether (sulfide) groups is 1. The van der Waals surface area contributed by atoms with Crippen LogP contribution >= 0.6 is 24.2 Å². The number of halogens is 1. The van der Waals surface area contributed by atoms with Crippen molar-refractivity contribution in [3.05, 3.63) is 0 Å². The van der Waals surface area contributed by atoms with Gasteiger partial charge in [0.2, 0.25) is 0 Å². The SMILES string of the molecule is Cl.O=C(O)C1CSC2(CCCCC2)N1. The number of carboxylic acid groups (broad SMARTS) is 1. The molecule has 0 radical (unpaired) electrons. The molecule has 1 atom stereocenters. The number of hydrogen-bond donors (Lipinski definition) is 2. The van der Waals surface area contributed by atoms with Gasteiger partial charge in [-0.1, -0.05) is 19.3 Å². The number of aliphatic carboxylic acids is 1. The average molecular weight is 238 g/mol. The van der Waals surface area contributed by atoms with Gasteiger partial charge in [0, 0.05) is 5.75 Å². The fraction of sp³-hybridized carbons (Fsp3) is 0.889. The van der Waals surface area contributed by atoms with Gasteiger partial charge >= 0.3 is 5.97 Å². The third-order valence-electron chi connectivity index (χ3n) is 2.92. The highest BCUT2D eigenvalue weighted by Crippen LogP contribution is 2.42. The van der Waals surface area contributed by atoms with Crippen molar-refractivity contribution in [1.82, 2.24) is 5.32 Å². The van der Waals surface area contributed by atoms with E-state index in [0.29, 0.717) is 0 Å². The number of carboxylic acids is 1. The monoisotopic (exact) mass is 237 g/mol. The molecule has 0 amide bonds. The summed E-state index contributed by atoms with van der Waals surface area (Å²) >= 11 is 1.81. The quantitative estimate of drug-likeness (QED) is 0.731. The molecular formula is C9H16ClNO2S. The summed E-state index contributed by atoms with van der Waals surface area (Å²) in [5.41, 5.74) is 0. The number of nitrogens with one attached hydrogen (secondary N) is 1. The molecular weight excluding hydrogens is 222 g/mol. The van der Waals surface area contributed by atoms with Gasteiger partial charge in [0.1, 0.15) is 6.04 Å². The highest BCUT2D eigenvalue weighted by molar-refractivity contribution is 8.00. The van der Waals surface area contributed by atoms with Crippen molar-refractivity contribution in [1.29, 1.82) is 0 Å². The summed E-state index contributed by atoms with van der Waals surface area (Å²) in [6.07, 6.45) is 6.07. The number of carbonyl (C=O) groups is 1. The predicted molar refractivity (Wildman–Crippen MR) is 60.1 cm³/mol. The lowest BCUT2D eigenvalue weighted by Gasteiger charge is -2.32. The Labute approximate surface area is 94.4 Å². The Morgan fingerprint density at radius 2 is 2.00 bits per heavy atom. The molecule has 0 aromatic rings. The lowest BCUT2D eigenvalue weighted by atomic mass is 9.94. The molecule has 3 nitrogen and oxygen atoms in total. The number of rotatable bonds is 1. The van der Waals surface area contributed by atoms with E-state index in [1.807, 2.05) is 11.8 Å². The molecule has 2 N–H and O–H groups in total. The second-order valence-corrected chi connectivity index (χ2v) is 5.30. The van der Waals surface area contributed by atoms with Crippen molar-refractivity contribution < 1.29 is 9.90 Å². The maximum Gasteiger partial charge on any atom is 0.321 e. The molecule has 1 heterocycles. The van der Waals surface area contributed by atoms with Crippen LogP contribution in [0.2, 0.25) is 0 Å². The van der Waals surface area contributed by atoms with Crippen LogP contribution in [0.4, 0.5) is 0 Å². The van der Waals surface area contributed by atoms with Gasteiger partial charge in [-0.25, -0.2) is 0 Å². The van der Waals surface area contributed by atoms with E-state index in [4.69, 9.17) is 5.11 Å².